The lowest BCUT2D eigenvalue weighted by atomic mass is 9.97. The lowest BCUT2D eigenvalue weighted by molar-refractivity contribution is 0.100. The number of rotatable bonds is 4. The number of nitrogens with zero attached hydrogens (tertiary/aromatic N) is 1. The van der Waals surface area contributed by atoms with Gasteiger partial charge in [-0.1, -0.05) is 12.8 Å². The van der Waals surface area contributed by atoms with Crippen molar-refractivity contribution in [2.45, 2.75) is 50.5 Å². The minimum Gasteiger partial charge on any atom is -0.365 e. The Morgan fingerprint density at radius 2 is 2.05 bits per heavy atom. The van der Waals surface area contributed by atoms with Crippen molar-refractivity contribution >= 4 is 11.7 Å². The summed E-state index contributed by atoms with van der Waals surface area (Å²) in [5, 5.41) is 3.45. The van der Waals surface area contributed by atoms with Crippen LogP contribution < -0.4 is 16.8 Å². The van der Waals surface area contributed by atoms with Crippen LogP contribution in [0.15, 0.2) is 6.07 Å². The zero-order chi connectivity index (χ0) is 14.2. The summed E-state index contributed by atoms with van der Waals surface area (Å²) in [6.45, 7) is 0.559. The van der Waals surface area contributed by atoms with Crippen LogP contribution in [0.5, 0.6) is 0 Å². The van der Waals surface area contributed by atoms with Crippen molar-refractivity contribution in [2.75, 3.05) is 11.9 Å². The Morgan fingerprint density at radius 3 is 2.70 bits per heavy atom. The van der Waals surface area contributed by atoms with E-state index >= 15 is 0 Å². The van der Waals surface area contributed by atoms with E-state index in [4.69, 9.17) is 11.5 Å². The highest BCUT2D eigenvalue weighted by molar-refractivity contribution is 5.98. The second-order valence-electron chi connectivity index (χ2n) is 6.02. The predicted molar refractivity (Wildman–Crippen MR) is 78.7 cm³/mol. The fourth-order valence-electron chi connectivity index (χ4n) is 3.44. The number of pyridine rings is 1. The summed E-state index contributed by atoms with van der Waals surface area (Å²) in [7, 11) is 0. The summed E-state index contributed by atoms with van der Waals surface area (Å²) in [5.41, 5.74) is 14.1. The highest BCUT2D eigenvalue weighted by atomic mass is 16.1. The molecule has 1 aromatic heterocycles. The number of carbonyl (C=O) groups is 1. The Hall–Kier alpha value is -1.62. The van der Waals surface area contributed by atoms with Gasteiger partial charge in [0.05, 0.1) is 11.1 Å². The number of nitrogens with two attached hydrogens (primary N) is 2. The molecule has 20 heavy (non-hydrogen) atoms. The minimum absolute atomic E-state index is 0.121. The zero-order valence-corrected chi connectivity index (χ0v) is 11.7. The average Bonchev–Trinajstić information content (AvgIpc) is 3.06. The molecule has 108 valence electrons. The molecule has 0 radical (unpaired) electrons. The van der Waals surface area contributed by atoms with Crippen molar-refractivity contribution in [1.29, 1.82) is 0 Å². The van der Waals surface area contributed by atoms with Crippen LogP contribution in [-0.4, -0.2) is 23.0 Å². The molecule has 0 aromatic carbocycles. The van der Waals surface area contributed by atoms with E-state index in [0.29, 0.717) is 17.9 Å². The molecule has 1 fully saturated rings. The molecule has 1 aromatic rings. The van der Waals surface area contributed by atoms with Crippen molar-refractivity contribution in [2.24, 2.45) is 11.5 Å². The predicted octanol–water partition coefficient (Wildman–Crippen LogP) is 1.35. The van der Waals surface area contributed by atoms with Crippen molar-refractivity contribution in [3.63, 3.8) is 0 Å². The average molecular weight is 274 g/mol. The summed E-state index contributed by atoms with van der Waals surface area (Å²) in [5.74, 6) is 0.213. The quantitative estimate of drug-likeness (QED) is 0.772. The van der Waals surface area contributed by atoms with Crippen molar-refractivity contribution < 1.29 is 4.79 Å². The number of nitrogens with one attached hydrogen (secondary N) is 1. The molecule has 0 atom stereocenters. The number of aryl methyl sites for hydroxylation is 2. The SMILES string of the molecule is NCC1(Nc2nc3c(cc2C(N)=O)CCC3)CCCC1. The fraction of sp³-hybridized carbons (Fsp3) is 0.600. The first kappa shape index (κ1) is 13.4. The Morgan fingerprint density at radius 1 is 1.30 bits per heavy atom. The van der Waals surface area contributed by atoms with Gasteiger partial charge in [0.15, 0.2) is 0 Å². The van der Waals surface area contributed by atoms with Gasteiger partial charge in [-0.15, -0.1) is 0 Å². The number of aromatic nitrogens is 1. The van der Waals surface area contributed by atoms with Gasteiger partial charge in [0.1, 0.15) is 5.82 Å². The third-order valence-electron chi connectivity index (χ3n) is 4.65. The Kier molecular flexibility index (Phi) is 3.38. The fourth-order valence-corrected chi connectivity index (χ4v) is 3.44. The van der Waals surface area contributed by atoms with Crippen LogP contribution in [0.2, 0.25) is 0 Å². The van der Waals surface area contributed by atoms with E-state index in [0.717, 1.165) is 43.4 Å². The number of hydrogen-bond acceptors (Lipinski definition) is 4. The Labute approximate surface area is 119 Å². The monoisotopic (exact) mass is 274 g/mol. The maximum absolute atomic E-state index is 11.7. The third-order valence-corrected chi connectivity index (χ3v) is 4.65. The summed E-state index contributed by atoms with van der Waals surface area (Å²) in [6.07, 6.45) is 7.47. The van der Waals surface area contributed by atoms with Crippen LogP contribution >= 0.6 is 0 Å². The van der Waals surface area contributed by atoms with Gasteiger partial charge in [-0.05, 0) is 43.7 Å². The van der Waals surface area contributed by atoms with Gasteiger partial charge in [0, 0.05) is 12.2 Å². The van der Waals surface area contributed by atoms with E-state index in [1.165, 1.54) is 12.8 Å². The van der Waals surface area contributed by atoms with Crippen LogP contribution in [0.25, 0.3) is 0 Å². The lowest BCUT2D eigenvalue weighted by Crippen LogP contribution is -2.43. The van der Waals surface area contributed by atoms with Gasteiger partial charge in [0.2, 0.25) is 0 Å². The second-order valence-corrected chi connectivity index (χ2v) is 6.02. The number of carbonyl (C=O) groups excluding carboxylic acids is 1. The molecular formula is C15H22N4O. The summed E-state index contributed by atoms with van der Waals surface area (Å²) >= 11 is 0. The molecule has 1 saturated carbocycles. The largest absolute Gasteiger partial charge is 0.365 e. The van der Waals surface area contributed by atoms with Crippen molar-refractivity contribution in [3.8, 4) is 0 Å². The molecule has 5 N–H and O–H groups in total. The molecule has 0 bridgehead atoms. The summed E-state index contributed by atoms with van der Waals surface area (Å²) in [6, 6.07) is 1.92. The number of anilines is 1. The Balaban J connectivity index is 1.97. The normalized spacial score (nSPS) is 19.9. The molecule has 0 spiro atoms. The van der Waals surface area contributed by atoms with Gasteiger partial charge in [0.25, 0.3) is 5.91 Å². The first-order valence-corrected chi connectivity index (χ1v) is 7.44. The number of amides is 1. The highest BCUT2D eigenvalue weighted by Crippen LogP contribution is 2.34. The molecule has 3 rings (SSSR count). The molecular weight excluding hydrogens is 252 g/mol. The van der Waals surface area contributed by atoms with Crippen LogP contribution in [0, 0.1) is 0 Å². The first-order valence-electron chi connectivity index (χ1n) is 7.44. The molecule has 0 unspecified atom stereocenters. The summed E-state index contributed by atoms with van der Waals surface area (Å²) < 4.78 is 0. The standard InChI is InChI=1S/C15H22N4O/c16-9-15(6-1-2-7-15)19-14-11(13(17)20)8-10-4-3-5-12(10)18-14/h8H,1-7,9,16H2,(H2,17,20)(H,18,19). The molecule has 2 aliphatic carbocycles. The van der Waals surface area contributed by atoms with E-state index in [9.17, 15) is 4.79 Å². The van der Waals surface area contributed by atoms with Gasteiger partial charge < -0.3 is 16.8 Å². The van der Waals surface area contributed by atoms with Crippen LogP contribution in [0.3, 0.4) is 0 Å². The topological polar surface area (TPSA) is 94.0 Å². The maximum Gasteiger partial charge on any atom is 0.252 e. The van der Waals surface area contributed by atoms with Crippen molar-refractivity contribution in [3.05, 3.63) is 22.9 Å². The van der Waals surface area contributed by atoms with Crippen molar-refractivity contribution in [1.82, 2.24) is 4.98 Å². The molecule has 5 heteroatoms. The zero-order valence-electron chi connectivity index (χ0n) is 11.7. The van der Waals surface area contributed by atoms with E-state index < -0.39 is 5.91 Å². The molecule has 1 heterocycles. The molecule has 5 nitrogen and oxygen atoms in total. The lowest BCUT2D eigenvalue weighted by Gasteiger charge is -2.30. The second kappa shape index (κ2) is 5.05. The third kappa shape index (κ3) is 2.26. The minimum atomic E-state index is -0.417. The van der Waals surface area contributed by atoms with E-state index in [1.54, 1.807) is 0 Å². The smallest absolute Gasteiger partial charge is 0.252 e. The molecule has 0 aliphatic heterocycles. The van der Waals surface area contributed by atoms with E-state index in [-0.39, 0.29) is 5.54 Å². The van der Waals surface area contributed by atoms with Crippen LogP contribution in [-0.2, 0) is 12.8 Å². The molecule has 0 saturated heterocycles. The van der Waals surface area contributed by atoms with E-state index in [2.05, 4.69) is 10.3 Å². The highest BCUT2D eigenvalue weighted by Gasteiger charge is 2.34. The number of primary amides is 1. The van der Waals surface area contributed by atoms with E-state index in [1.807, 2.05) is 6.07 Å². The Bertz CT molecular complexity index is 535. The van der Waals surface area contributed by atoms with Gasteiger partial charge >= 0.3 is 0 Å². The van der Waals surface area contributed by atoms with Gasteiger partial charge in [-0.2, -0.15) is 0 Å². The number of hydrogen-bond donors (Lipinski definition) is 3. The van der Waals surface area contributed by atoms with Crippen LogP contribution in [0.1, 0.15) is 53.7 Å². The molecule has 2 aliphatic rings. The maximum atomic E-state index is 11.7. The first-order chi connectivity index (χ1) is 9.63. The van der Waals surface area contributed by atoms with Gasteiger partial charge in [-0.3, -0.25) is 4.79 Å². The molecule has 1 amide bonds. The van der Waals surface area contributed by atoms with Crippen LogP contribution in [0.4, 0.5) is 5.82 Å². The summed E-state index contributed by atoms with van der Waals surface area (Å²) in [4.78, 5) is 16.4. The van der Waals surface area contributed by atoms with Gasteiger partial charge in [-0.25, -0.2) is 4.98 Å². The number of fused-ring (bicyclic) bond motifs is 1.